The third-order valence-corrected chi connectivity index (χ3v) is 4.13. The molecule has 0 fully saturated rings. The van der Waals surface area contributed by atoms with Gasteiger partial charge in [0.25, 0.3) is 0 Å². The molecule has 0 bridgehead atoms. The normalized spacial score (nSPS) is 14.1. The number of halogens is 1. The van der Waals surface area contributed by atoms with Crippen molar-refractivity contribution in [2.24, 2.45) is 5.41 Å². The van der Waals surface area contributed by atoms with Gasteiger partial charge in [-0.25, -0.2) is 4.79 Å². The van der Waals surface area contributed by atoms with E-state index in [-0.39, 0.29) is 5.41 Å². The molecule has 0 aromatic rings. The Morgan fingerprint density at radius 3 is 2.37 bits per heavy atom. The summed E-state index contributed by atoms with van der Waals surface area (Å²) >= 11 is 3.41. The fourth-order valence-electron chi connectivity index (χ4n) is 2.14. The molecule has 27 heavy (non-hydrogen) atoms. The predicted octanol–water partition coefficient (Wildman–Crippen LogP) is 4.12. The molecule has 0 heterocycles. The van der Waals surface area contributed by atoms with E-state index in [2.05, 4.69) is 45.1 Å². The first-order valence-corrected chi connectivity index (χ1v) is 9.53. The van der Waals surface area contributed by atoms with Crippen molar-refractivity contribution in [3.63, 3.8) is 0 Å². The van der Waals surface area contributed by atoms with Crippen molar-refractivity contribution >= 4 is 33.8 Å². The van der Waals surface area contributed by atoms with Gasteiger partial charge in [-0.1, -0.05) is 53.6 Å². The van der Waals surface area contributed by atoms with Gasteiger partial charge in [0.2, 0.25) is 5.91 Å². The number of aliphatic carboxylic acids is 1. The van der Waals surface area contributed by atoms with Crippen LogP contribution in [0.2, 0.25) is 0 Å². The van der Waals surface area contributed by atoms with Crippen LogP contribution in [-0.4, -0.2) is 36.1 Å². The summed E-state index contributed by atoms with van der Waals surface area (Å²) in [5.41, 5.74) is 1.02. The first-order valence-electron chi connectivity index (χ1n) is 8.74. The molecule has 0 unspecified atom stereocenters. The van der Waals surface area contributed by atoms with Crippen molar-refractivity contribution < 1.29 is 24.2 Å². The molecule has 0 saturated heterocycles. The van der Waals surface area contributed by atoms with Gasteiger partial charge in [0.05, 0.1) is 13.5 Å². The highest BCUT2D eigenvalue weighted by molar-refractivity contribution is 9.11. The quantitative estimate of drug-likeness (QED) is 0.284. The Balaban J connectivity index is 4.74. The lowest BCUT2D eigenvalue weighted by Crippen LogP contribution is -2.42. The van der Waals surface area contributed by atoms with Gasteiger partial charge < -0.3 is 15.2 Å². The molecule has 0 radical (unpaired) electrons. The van der Waals surface area contributed by atoms with Crippen molar-refractivity contribution in [2.45, 2.75) is 59.4 Å². The van der Waals surface area contributed by atoms with E-state index in [9.17, 15) is 14.4 Å². The molecule has 0 aromatic heterocycles. The number of allylic oxidation sites excluding steroid dienone is 5. The summed E-state index contributed by atoms with van der Waals surface area (Å²) in [5.74, 6) is -2.51. The Hall–Kier alpha value is -1.89. The lowest BCUT2D eigenvalue weighted by Gasteiger charge is -2.19. The van der Waals surface area contributed by atoms with Gasteiger partial charge >= 0.3 is 11.9 Å². The van der Waals surface area contributed by atoms with Gasteiger partial charge in [-0.2, -0.15) is 0 Å². The van der Waals surface area contributed by atoms with Crippen molar-refractivity contribution in [1.29, 1.82) is 0 Å². The number of ether oxygens (including phenoxy) is 1. The van der Waals surface area contributed by atoms with Crippen molar-refractivity contribution in [1.82, 2.24) is 5.32 Å². The average Bonchev–Trinajstić information content (AvgIpc) is 2.56. The maximum atomic E-state index is 12.0. The third-order valence-electron chi connectivity index (χ3n) is 3.81. The van der Waals surface area contributed by atoms with Crippen LogP contribution in [0.5, 0.6) is 0 Å². The standard InChI is InChI=1S/C20H30BrNO5/c1-14(7-6-8-15(2)21)9-11-20(3,4)12-10-17(23)22-16(13-18(24)25)19(26)27-5/h8-10,12,16H,6-7,11,13H2,1-5H3,(H,22,23)(H,24,25)/b12-10+,14-9+,15-8+/t16-/m0/s1. The molecule has 0 aromatic carbocycles. The van der Waals surface area contributed by atoms with E-state index < -0.39 is 30.3 Å². The summed E-state index contributed by atoms with van der Waals surface area (Å²) in [7, 11) is 1.14. The van der Waals surface area contributed by atoms with E-state index >= 15 is 0 Å². The van der Waals surface area contributed by atoms with Crippen LogP contribution in [0.1, 0.15) is 53.4 Å². The lowest BCUT2D eigenvalue weighted by molar-refractivity contribution is -0.149. The molecule has 6 nitrogen and oxygen atoms in total. The summed E-state index contributed by atoms with van der Waals surface area (Å²) in [6, 6.07) is -1.21. The zero-order chi connectivity index (χ0) is 21.0. The summed E-state index contributed by atoms with van der Waals surface area (Å²) < 4.78 is 5.64. The topological polar surface area (TPSA) is 92.7 Å². The number of carbonyl (C=O) groups excluding carboxylic acids is 2. The predicted molar refractivity (Wildman–Crippen MR) is 109 cm³/mol. The van der Waals surface area contributed by atoms with E-state index in [4.69, 9.17) is 5.11 Å². The molecule has 7 heteroatoms. The van der Waals surface area contributed by atoms with Crippen LogP contribution in [0.3, 0.4) is 0 Å². The third kappa shape index (κ3) is 13.0. The molecular formula is C20H30BrNO5. The Morgan fingerprint density at radius 2 is 1.85 bits per heavy atom. The second-order valence-electron chi connectivity index (χ2n) is 7.09. The molecular weight excluding hydrogens is 414 g/mol. The van der Waals surface area contributed by atoms with E-state index in [1.54, 1.807) is 6.08 Å². The molecule has 0 spiro atoms. The number of carboxylic acid groups (broad SMARTS) is 1. The minimum absolute atomic E-state index is 0.257. The number of methoxy groups -OCH3 is 1. The summed E-state index contributed by atoms with van der Waals surface area (Å²) in [6.45, 7) is 8.08. The van der Waals surface area contributed by atoms with Crippen LogP contribution in [0.15, 0.2) is 34.4 Å². The highest BCUT2D eigenvalue weighted by Gasteiger charge is 2.24. The molecule has 1 atom stereocenters. The number of carbonyl (C=O) groups is 3. The van der Waals surface area contributed by atoms with Crippen LogP contribution < -0.4 is 5.32 Å². The number of esters is 1. The largest absolute Gasteiger partial charge is 0.481 e. The minimum Gasteiger partial charge on any atom is -0.481 e. The fraction of sp³-hybridized carbons (Fsp3) is 0.550. The van der Waals surface area contributed by atoms with Gasteiger partial charge in [0.15, 0.2) is 0 Å². The number of amides is 1. The minimum atomic E-state index is -1.21. The number of hydrogen-bond acceptors (Lipinski definition) is 4. The Morgan fingerprint density at radius 1 is 1.22 bits per heavy atom. The number of nitrogens with one attached hydrogen (secondary N) is 1. The monoisotopic (exact) mass is 443 g/mol. The van der Waals surface area contributed by atoms with Crippen molar-refractivity contribution in [3.8, 4) is 0 Å². The van der Waals surface area contributed by atoms with Crippen LogP contribution >= 0.6 is 15.9 Å². The van der Waals surface area contributed by atoms with Crippen molar-refractivity contribution in [3.05, 3.63) is 34.4 Å². The Bertz CT molecular complexity index is 616. The van der Waals surface area contributed by atoms with E-state index in [0.717, 1.165) is 30.9 Å². The lowest BCUT2D eigenvalue weighted by atomic mass is 9.87. The molecule has 152 valence electrons. The molecule has 0 aliphatic heterocycles. The SMILES string of the molecule is COC(=O)[C@H](CC(=O)O)NC(=O)/C=C/C(C)(C)C/C=C(\C)CC/C=C(\C)Br. The molecule has 1 amide bonds. The number of hydrogen-bond donors (Lipinski definition) is 2. The van der Waals surface area contributed by atoms with Gasteiger partial charge in [-0.05, 0) is 49.1 Å². The smallest absolute Gasteiger partial charge is 0.328 e. The maximum Gasteiger partial charge on any atom is 0.328 e. The highest BCUT2D eigenvalue weighted by Crippen LogP contribution is 2.24. The molecule has 0 aliphatic rings. The molecule has 2 N–H and O–H groups in total. The van der Waals surface area contributed by atoms with Gasteiger partial charge in [-0.3, -0.25) is 9.59 Å². The first-order chi connectivity index (χ1) is 12.5. The van der Waals surface area contributed by atoms with E-state index in [1.165, 1.54) is 11.6 Å². The number of rotatable bonds is 11. The van der Waals surface area contributed by atoms with Crippen LogP contribution in [-0.2, 0) is 19.1 Å². The Labute approximate surface area is 169 Å². The maximum absolute atomic E-state index is 12.0. The summed E-state index contributed by atoms with van der Waals surface area (Å²) in [5, 5.41) is 11.2. The molecule has 0 aliphatic carbocycles. The van der Waals surface area contributed by atoms with Crippen LogP contribution in [0.4, 0.5) is 0 Å². The summed E-state index contributed by atoms with van der Waals surface area (Å²) in [4.78, 5) is 34.4. The van der Waals surface area contributed by atoms with Gasteiger partial charge in [0.1, 0.15) is 6.04 Å². The first kappa shape index (κ1) is 25.1. The van der Waals surface area contributed by atoms with Crippen LogP contribution in [0.25, 0.3) is 0 Å². The van der Waals surface area contributed by atoms with E-state index in [0.29, 0.717) is 0 Å². The fourth-order valence-corrected chi connectivity index (χ4v) is 2.37. The van der Waals surface area contributed by atoms with Gasteiger partial charge in [-0.15, -0.1) is 0 Å². The molecule has 0 rings (SSSR count). The van der Waals surface area contributed by atoms with Gasteiger partial charge in [0, 0.05) is 0 Å². The number of carboxylic acids is 1. The van der Waals surface area contributed by atoms with Crippen molar-refractivity contribution in [2.75, 3.05) is 7.11 Å². The zero-order valence-corrected chi connectivity index (χ0v) is 18.3. The second kappa shape index (κ2) is 12.5. The zero-order valence-electron chi connectivity index (χ0n) is 16.7. The Kier molecular flexibility index (Phi) is 11.6. The summed E-state index contributed by atoms with van der Waals surface area (Å²) in [6.07, 6.45) is 9.54. The van der Waals surface area contributed by atoms with E-state index in [1.807, 2.05) is 20.8 Å². The second-order valence-corrected chi connectivity index (χ2v) is 8.34. The molecule has 0 saturated carbocycles. The highest BCUT2D eigenvalue weighted by atomic mass is 79.9. The van der Waals surface area contributed by atoms with Crippen LogP contribution in [0, 0.1) is 5.41 Å². The average molecular weight is 444 g/mol.